The Morgan fingerprint density at radius 1 is 1.40 bits per heavy atom. The van der Waals surface area contributed by atoms with Gasteiger partial charge >= 0.3 is 5.97 Å². The average Bonchev–Trinajstić information content (AvgIpc) is 3.03. The molecule has 0 saturated carbocycles. The lowest BCUT2D eigenvalue weighted by Crippen LogP contribution is -2.13. The lowest BCUT2D eigenvalue weighted by Gasteiger charge is -2.05. The first-order valence-corrected chi connectivity index (χ1v) is 6.13. The Bertz CT molecular complexity index is 590. The second-order valence-electron chi connectivity index (χ2n) is 4.26. The number of carbonyl (C=O) groups is 1. The molecule has 0 fully saturated rings. The summed E-state index contributed by atoms with van der Waals surface area (Å²) in [5.41, 5.74) is 1.75. The number of methoxy groups -OCH3 is 2. The maximum atomic E-state index is 11.7. The summed E-state index contributed by atoms with van der Waals surface area (Å²) in [4.78, 5) is 11.7. The molecule has 0 unspecified atom stereocenters. The molecule has 0 bridgehead atoms. The van der Waals surface area contributed by atoms with Crippen molar-refractivity contribution in [1.29, 1.82) is 0 Å². The van der Waals surface area contributed by atoms with Crippen LogP contribution in [0.5, 0.6) is 0 Å². The number of esters is 1. The second kappa shape index (κ2) is 6.29. The van der Waals surface area contributed by atoms with Gasteiger partial charge in [0.15, 0.2) is 5.69 Å². The monoisotopic (exact) mass is 279 g/mol. The first-order valence-electron chi connectivity index (χ1n) is 6.13. The Kier molecular flexibility index (Phi) is 4.46. The Labute approximate surface area is 116 Å². The highest BCUT2D eigenvalue weighted by atomic mass is 16.5. The van der Waals surface area contributed by atoms with Gasteiger partial charge in [-0.15, -0.1) is 5.10 Å². The van der Waals surface area contributed by atoms with Crippen LogP contribution in [0.15, 0.2) is 12.3 Å². The molecule has 8 nitrogen and oxygen atoms in total. The van der Waals surface area contributed by atoms with Crippen LogP contribution in [0.25, 0.3) is 0 Å². The van der Waals surface area contributed by atoms with E-state index >= 15 is 0 Å². The highest BCUT2D eigenvalue weighted by Gasteiger charge is 2.20. The Hall–Kier alpha value is -2.22. The van der Waals surface area contributed by atoms with Crippen molar-refractivity contribution in [2.24, 2.45) is 7.05 Å². The summed E-state index contributed by atoms with van der Waals surface area (Å²) in [6.07, 6.45) is 2.38. The van der Waals surface area contributed by atoms with Gasteiger partial charge in [0, 0.05) is 26.8 Å². The molecule has 0 radical (unpaired) electrons. The van der Waals surface area contributed by atoms with Crippen LogP contribution >= 0.6 is 0 Å². The number of nitrogens with zero attached hydrogens (tertiary/aromatic N) is 5. The van der Waals surface area contributed by atoms with Gasteiger partial charge in [-0.1, -0.05) is 5.21 Å². The lowest BCUT2D eigenvalue weighted by atomic mass is 10.2. The van der Waals surface area contributed by atoms with Crippen molar-refractivity contribution >= 4 is 5.97 Å². The van der Waals surface area contributed by atoms with E-state index in [1.54, 1.807) is 16.5 Å². The van der Waals surface area contributed by atoms with E-state index in [1.165, 1.54) is 7.11 Å². The van der Waals surface area contributed by atoms with E-state index in [4.69, 9.17) is 9.47 Å². The molecule has 2 rings (SSSR count). The normalized spacial score (nSPS) is 10.8. The number of rotatable bonds is 6. The summed E-state index contributed by atoms with van der Waals surface area (Å²) in [7, 11) is 4.77. The molecule has 2 heterocycles. The molecule has 0 amide bonds. The van der Waals surface area contributed by atoms with Gasteiger partial charge in [-0.25, -0.2) is 9.48 Å². The zero-order valence-electron chi connectivity index (χ0n) is 11.7. The predicted molar refractivity (Wildman–Crippen MR) is 69.3 cm³/mol. The van der Waals surface area contributed by atoms with Crippen LogP contribution in [0.2, 0.25) is 0 Å². The molecule has 108 valence electrons. The SMILES string of the molecule is COCCc1c(C(=O)OC)nnn1Cc1ccn(C)n1. The van der Waals surface area contributed by atoms with Crippen LogP contribution in [0, 0.1) is 0 Å². The third kappa shape index (κ3) is 3.02. The van der Waals surface area contributed by atoms with Crippen LogP contribution in [0.4, 0.5) is 0 Å². The Balaban J connectivity index is 2.27. The minimum absolute atomic E-state index is 0.223. The number of hydrogen-bond donors (Lipinski definition) is 0. The standard InChI is InChI=1S/C12H17N5O3/c1-16-6-4-9(14-16)8-17-10(5-7-19-2)11(13-15-17)12(18)20-3/h4,6H,5,7-8H2,1-3H3. The molecule has 20 heavy (non-hydrogen) atoms. The van der Waals surface area contributed by atoms with Crippen molar-refractivity contribution in [3.63, 3.8) is 0 Å². The number of hydrogen-bond acceptors (Lipinski definition) is 6. The van der Waals surface area contributed by atoms with Gasteiger partial charge in [-0.3, -0.25) is 4.68 Å². The van der Waals surface area contributed by atoms with Crippen molar-refractivity contribution in [1.82, 2.24) is 24.8 Å². The van der Waals surface area contributed by atoms with Gasteiger partial charge in [0.1, 0.15) is 0 Å². The zero-order valence-corrected chi connectivity index (χ0v) is 11.7. The van der Waals surface area contributed by atoms with E-state index in [9.17, 15) is 4.79 Å². The van der Waals surface area contributed by atoms with Crippen molar-refractivity contribution in [3.05, 3.63) is 29.3 Å². The fraction of sp³-hybridized carbons (Fsp3) is 0.500. The summed E-state index contributed by atoms with van der Waals surface area (Å²) in [5.74, 6) is -0.497. The quantitative estimate of drug-likeness (QED) is 0.694. The average molecular weight is 279 g/mol. The number of ether oxygens (including phenoxy) is 2. The minimum atomic E-state index is -0.497. The fourth-order valence-electron chi connectivity index (χ4n) is 1.86. The van der Waals surface area contributed by atoms with Crippen LogP contribution in [0.1, 0.15) is 21.9 Å². The van der Waals surface area contributed by atoms with Crippen LogP contribution < -0.4 is 0 Å². The third-order valence-corrected chi connectivity index (χ3v) is 2.84. The number of aromatic nitrogens is 5. The van der Waals surface area contributed by atoms with Gasteiger partial charge in [0.25, 0.3) is 0 Å². The van der Waals surface area contributed by atoms with E-state index in [2.05, 4.69) is 15.4 Å². The minimum Gasteiger partial charge on any atom is -0.464 e. The number of carbonyl (C=O) groups excluding carboxylic acids is 1. The van der Waals surface area contributed by atoms with E-state index < -0.39 is 5.97 Å². The highest BCUT2D eigenvalue weighted by Crippen LogP contribution is 2.10. The molecule has 2 aromatic heterocycles. The molecule has 0 aliphatic rings. The highest BCUT2D eigenvalue weighted by molar-refractivity contribution is 5.88. The van der Waals surface area contributed by atoms with Crippen molar-refractivity contribution in [2.45, 2.75) is 13.0 Å². The molecule has 8 heteroatoms. The zero-order chi connectivity index (χ0) is 14.5. The van der Waals surface area contributed by atoms with Crippen molar-refractivity contribution < 1.29 is 14.3 Å². The molecule has 0 aliphatic carbocycles. The van der Waals surface area contributed by atoms with Gasteiger partial charge in [-0.05, 0) is 6.07 Å². The molecule has 0 aromatic carbocycles. The van der Waals surface area contributed by atoms with E-state index in [0.29, 0.717) is 25.3 Å². The van der Waals surface area contributed by atoms with Crippen LogP contribution in [-0.2, 0) is 29.5 Å². The molecule has 0 atom stereocenters. The molecule has 0 aliphatic heterocycles. The summed E-state index contributed by atoms with van der Waals surface area (Å²) >= 11 is 0. The summed E-state index contributed by atoms with van der Waals surface area (Å²) in [5, 5.41) is 12.2. The van der Waals surface area contributed by atoms with Crippen LogP contribution in [-0.4, -0.2) is 51.6 Å². The van der Waals surface area contributed by atoms with Crippen molar-refractivity contribution in [2.75, 3.05) is 20.8 Å². The molecular formula is C12H17N5O3. The first-order chi connectivity index (χ1) is 9.65. The largest absolute Gasteiger partial charge is 0.464 e. The second-order valence-corrected chi connectivity index (χ2v) is 4.26. The maximum Gasteiger partial charge on any atom is 0.360 e. The summed E-state index contributed by atoms with van der Waals surface area (Å²) in [6.45, 7) is 0.920. The molecule has 0 spiro atoms. The molecule has 0 saturated heterocycles. The van der Waals surface area contributed by atoms with Gasteiger partial charge in [-0.2, -0.15) is 5.10 Å². The Morgan fingerprint density at radius 2 is 2.20 bits per heavy atom. The number of aryl methyl sites for hydroxylation is 1. The van der Waals surface area contributed by atoms with E-state index in [0.717, 1.165) is 5.69 Å². The molecule has 2 aromatic rings. The smallest absolute Gasteiger partial charge is 0.360 e. The third-order valence-electron chi connectivity index (χ3n) is 2.84. The van der Waals surface area contributed by atoms with E-state index in [1.807, 2.05) is 19.3 Å². The first kappa shape index (κ1) is 14.2. The topological polar surface area (TPSA) is 84.1 Å². The van der Waals surface area contributed by atoms with Gasteiger partial charge in [0.05, 0.1) is 31.6 Å². The summed E-state index contributed by atoms with van der Waals surface area (Å²) < 4.78 is 13.1. The lowest BCUT2D eigenvalue weighted by molar-refractivity contribution is 0.0592. The molecular weight excluding hydrogens is 262 g/mol. The Morgan fingerprint density at radius 3 is 2.80 bits per heavy atom. The predicted octanol–water partition coefficient (Wildman–Crippen LogP) is 0.0354. The maximum absolute atomic E-state index is 11.7. The van der Waals surface area contributed by atoms with E-state index in [-0.39, 0.29) is 5.69 Å². The molecule has 0 N–H and O–H groups in total. The van der Waals surface area contributed by atoms with Crippen LogP contribution in [0.3, 0.4) is 0 Å². The summed E-state index contributed by atoms with van der Waals surface area (Å²) in [6, 6.07) is 1.89. The van der Waals surface area contributed by atoms with Gasteiger partial charge in [0.2, 0.25) is 0 Å². The fourth-order valence-corrected chi connectivity index (χ4v) is 1.86. The van der Waals surface area contributed by atoms with Crippen molar-refractivity contribution in [3.8, 4) is 0 Å². The van der Waals surface area contributed by atoms with Gasteiger partial charge < -0.3 is 9.47 Å².